The number of hydrogen-bond acceptors (Lipinski definition) is 4. The van der Waals surface area contributed by atoms with Gasteiger partial charge in [0.1, 0.15) is 12.1 Å². The molecule has 1 N–H and O–H groups in total. The zero-order valence-corrected chi connectivity index (χ0v) is 15.9. The molecule has 0 unspecified atom stereocenters. The highest BCUT2D eigenvalue weighted by Gasteiger charge is 2.09. The molecular formula is C24H19N5. The van der Waals surface area contributed by atoms with E-state index in [0.717, 1.165) is 39.1 Å². The lowest BCUT2D eigenvalue weighted by molar-refractivity contribution is 1.09. The van der Waals surface area contributed by atoms with Gasteiger partial charge in [0.15, 0.2) is 0 Å². The van der Waals surface area contributed by atoms with Crippen LogP contribution >= 0.6 is 0 Å². The van der Waals surface area contributed by atoms with E-state index in [2.05, 4.69) is 86.6 Å². The third kappa shape index (κ3) is 3.23. The second-order valence-corrected chi connectivity index (χ2v) is 6.90. The molecule has 0 bridgehead atoms. The minimum absolute atomic E-state index is 0.829. The van der Waals surface area contributed by atoms with Gasteiger partial charge in [0.2, 0.25) is 0 Å². The zero-order valence-electron chi connectivity index (χ0n) is 15.9. The van der Waals surface area contributed by atoms with Crippen molar-refractivity contribution in [1.29, 1.82) is 0 Å². The summed E-state index contributed by atoms with van der Waals surface area (Å²) >= 11 is 0. The first-order valence-corrected chi connectivity index (χ1v) is 9.44. The molecule has 29 heavy (non-hydrogen) atoms. The Morgan fingerprint density at radius 1 is 0.862 bits per heavy atom. The highest BCUT2D eigenvalue weighted by atomic mass is 15.0. The maximum Gasteiger partial charge on any atom is 0.138 e. The Morgan fingerprint density at radius 2 is 1.69 bits per heavy atom. The molecule has 5 rings (SSSR count). The Hall–Kier alpha value is -3.99. The highest BCUT2D eigenvalue weighted by molar-refractivity contribution is 5.98. The van der Waals surface area contributed by atoms with Crippen LogP contribution in [0.25, 0.3) is 27.6 Å². The number of aromatic nitrogens is 4. The zero-order chi connectivity index (χ0) is 19.6. The quantitative estimate of drug-likeness (QED) is 0.447. The molecule has 0 aliphatic carbocycles. The van der Waals surface area contributed by atoms with Crippen molar-refractivity contribution < 1.29 is 0 Å². The van der Waals surface area contributed by atoms with Crippen LogP contribution in [0.15, 0.2) is 91.9 Å². The van der Waals surface area contributed by atoms with E-state index in [9.17, 15) is 0 Å². The number of anilines is 2. The van der Waals surface area contributed by atoms with E-state index in [1.54, 1.807) is 6.33 Å². The standard InChI is InChI=1S/C24H19N5/c1-17-7-8-19(13-22(17)18-14-25-16-26-15-18)28-24-21-5-4-6-23(20(21)9-10-27-24)29-11-2-3-12-29/h2-16H,1H3,(H,27,28). The first-order chi connectivity index (χ1) is 14.3. The summed E-state index contributed by atoms with van der Waals surface area (Å²) in [5.41, 5.74) is 5.37. The molecule has 140 valence electrons. The molecule has 0 aliphatic rings. The number of aryl methyl sites for hydroxylation is 1. The van der Waals surface area contributed by atoms with Gasteiger partial charge in [-0.05, 0) is 54.4 Å². The first-order valence-electron chi connectivity index (χ1n) is 9.44. The second-order valence-electron chi connectivity index (χ2n) is 6.90. The molecular weight excluding hydrogens is 358 g/mol. The van der Waals surface area contributed by atoms with E-state index in [1.165, 1.54) is 5.56 Å². The fourth-order valence-corrected chi connectivity index (χ4v) is 3.60. The van der Waals surface area contributed by atoms with Crippen molar-refractivity contribution in [3.05, 3.63) is 97.5 Å². The molecule has 0 spiro atoms. The second kappa shape index (κ2) is 7.20. The molecule has 0 amide bonds. The highest BCUT2D eigenvalue weighted by Crippen LogP contribution is 2.31. The molecule has 3 heterocycles. The lowest BCUT2D eigenvalue weighted by Gasteiger charge is -2.14. The molecule has 5 aromatic rings. The summed E-state index contributed by atoms with van der Waals surface area (Å²) in [6.07, 6.45) is 11.2. The molecule has 0 atom stereocenters. The van der Waals surface area contributed by atoms with Crippen LogP contribution in [0, 0.1) is 6.92 Å². The van der Waals surface area contributed by atoms with Gasteiger partial charge in [0.05, 0.1) is 5.69 Å². The van der Waals surface area contributed by atoms with E-state index in [0.29, 0.717) is 0 Å². The number of rotatable bonds is 4. The molecule has 5 heteroatoms. The van der Waals surface area contributed by atoms with E-state index in [4.69, 9.17) is 0 Å². The van der Waals surface area contributed by atoms with Gasteiger partial charge >= 0.3 is 0 Å². The SMILES string of the molecule is Cc1ccc(Nc2nccc3c(-n4cccc4)cccc23)cc1-c1cncnc1. The van der Waals surface area contributed by atoms with Gasteiger partial charge in [-0.2, -0.15) is 0 Å². The third-order valence-corrected chi connectivity index (χ3v) is 5.04. The van der Waals surface area contributed by atoms with Gasteiger partial charge in [-0.3, -0.25) is 0 Å². The summed E-state index contributed by atoms with van der Waals surface area (Å²) < 4.78 is 2.12. The van der Waals surface area contributed by atoms with Gasteiger partial charge < -0.3 is 9.88 Å². The Balaban J connectivity index is 1.57. The van der Waals surface area contributed by atoms with Crippen LogP contribution < -0.4 is 5.32 Å². The molecule has 0 saturated heterocycles. The van der Waals surface area contributed by atoms with Crippen LogP contribution in [0.3, 0.4) is 0 Å². The maximum atomic E-state index is 4.60. The van der Waals surface area contributed by atoms with Crippen molar-refractivity contribution >= 4 is 22.3 Å². The Morgan fingerprint density at radius 3 is 2.52 bits per heavy atom. The van der Waals surface area contributed by atoms with Crippen molar-refractivity contribution in [3.8, 4) is 16.8 Å². The monoisotopic (exact) mass is 377 g/mol. The summed E-state index contributed by atoms with van der Waals surface area (Å²) in [5, 5.41) is 5.71. The molecule has 3 aromatic heterocycles. The normalized spacial score (nSPS) is 10.9. The average molecular weight is 377 g/mol. The van der Waals surface area contributed by atoms with E-state index in [1.807, 2.05) is 30.7 Å². The predicted octanol–water partition coefficient (Wildman–Crippen LogP) is 5.53. The topological polar surface area (TPSA) is 55.6 Å². The van der Waals surface area contributed by atoms with Crippen LogP contribution in [-0.2, 0) is 0 Å². The maximum absolute atomic E-state index is 4.60. The van der Waals surface area contributed by atoms with Gasteiger partial charge in [0, 0.05) is 53.0 Å². The summed E-state index contributed by atoms with van der Waals surface area (Å²) in [4.78, 5) is 12.9. The molecule has 0 aliphatic heterocycles. The first kappa shape index (κ1) is 17.1. The molecule has 0 radical (unpaired) electrons. The fraction of sp³-hybridized carbons (Fsp3) is 0.0417. The number of benzene rings is 2. The van der Waals surface area contributed by atoms with Crippen molar-refractivity contribution in [2.75, 3.05) is 5.32 Å². The van der Waals surface area contributed by atoms with Crippen LogP contribution in [0.5, 0.6) is 0 Å². The van der Waals surface area contributed by atoms with Gasteiger partial charge in [-0.25, -0.2) is 15.0 Å². The smallest absolute Gasteiger partial charge is 0.138 e. The van der Waals surface area contributed by atoms with Gasteiger partial charge in [-0.15, -0.1) is 0 Å². The summed E-state index contributed by atoms with van der Waals surface area (Å²) in [6.45, 7) is 2.09. The van der Waals surface area contributed by atoms with Gasteiger partial charge in [-0.1, -0.05) is 18.2 Å². The Bertz CT molecular complexity index is 1280. The summed E-state index contributed by atoms with van der Waals surface area (Å²) in [7, 11) is 0. The largest absolute Gasteiger partial charge is 0.340 e. The minimum Gasteiger partial charge on any atom is -0.340 e. The van der Waals surface area contributed by atoms with Crippen LogP contribution in [0.4, 0.5) is 11.5 Å². The van der Waals surface area contributed by atoms with Crippen molar-refractivity contribution in [1.82, 2.24) is 19.5 Å². The van der Waals surface area contributed by atoms with Crippen LogP contribution in [0.1, 0.15) is 5.56 Å². The van der Waals surface area contributed by atoms with Gasteiger partial charge in [0.25, 0.3) is 0 Å². The molecule has 0 saturated carbocycles. The summed E-state index contributed by atoms with van der Waals surface area (Å²) in [6, 6.07) is 18.7. The fourth-order valence-electron chi connectivity index (χ4n) is 3.60. The molecule has 2 aromatic carbocycles. The van der Waals surface area contributed by atoms with Crippen molar-refractivity contribution in [3.63, 3.8) is 0 Å². The lowest BCUT2D eigenvalue weighted by Crippen LogP contribution is -1.98. The van der Waals surface area contributed by atoms with Crippen LogP contribution in [-0.4, -0.2) is 19.5 Å². The van der Waals surface area contributed by atoms with E-state index >= 15 is 0 Å². The van der Waals surface area contributed by atoms with E-state index < -0.39 is 0 Å². The predicted molar refractivity (Wildman–Crippen MR) is 117 cm³/mol. The van der Waals surface area contributed by atoms with Crippen molar-refractivity contribution in [2.45, 2.75) is 6.92 Å². The van der Waals surface area contributed by atoms with Crippen LogP contribution in [0.2, 0.25) is 0 Å². The average Bonchev–Trinajstić information content (AvgIpc) is 3.30. The third-order valence-electron chi connectivity index (χ3n) is 5.04. The number of hydrogen-bond donors (Lipinski definition) is 1. The number of pyridine rings is 1. The number of nitrogens with one attached hydrogen (secondary N) is 1. The molecule has 5 nitrogen and oxygen atoms in total. The number of nitrogens with zero attached hydrogens (tertiary/aromatic N) is 4. The van der Waals surface area contributed by atoms with Crippen molar-refractivity contribution in [2.24, 2.45) is 0 Å². The number of fused-ring (bicyclic) bond motifs is 1. The Labute approximate surface area is 168 Å². The Kier molecular flexibility index (Phi) is 4.26. The lowest BCUT2D eigenvalue weighted by atomic mass is 10.0. The van der Waals surface area contributed by atoms with E-state index in [-0.39, 0.29) is 0 Å². The summed E-state index contributed by atoms with van der Waals surface area (Å²) in [5.74, 6) is 0.829. The molecule has 0 fully saturated rings. The minimum atomic E-state index is 0.829.